The Hall–Kier alpha value is -1.28. The molecular weight excluding hydrogens is 304 g/mol. The molecule has 2 aromatic rings. The molecule has 0 spiro atoms. The molecule has 8 heteroatoms. The summed E-state index contributed by atoms with van der Waals surface area (Å²) < 4.78 is 2.32. The minimum atomic E-state index is 0.497. The van der Waals surface area contributed by atoms with Crippen molar-refractivity contribution in [3.8, 4) is 0 Å². The van der Waals surface area contributed by atoms with E-state index < -0.39 is 0 Å². The summed E-state index contributed by atoms with van der Waals surface area (Å²) in [6.45, 7) is 0. The van der Waals surface area contributed by atoms with Crippen LogP contribution in [-0.2, 0) is 0 Å². The fourth-order valence-corrected chi connectivity index (χ4v) is 3.68. The molecule has 0 aliphatic heterocycles. The molecule has 2 aliphatic carbocycles. The molecule has 0 saturated heterocycles. The summed E-state index contributed by atoms with van der Waals surface area (Å²) in [4.78, 5) is 8.67. The summed E-state index contributed by atoms with van der Waals surface area (Å²) in [5.74, 6) is 2.27. The number of hydrogen-bond donors (Lipinski definition) is 1. The average Bonchev–Trinajstić information content (AvgIpc) is 3.37. The van der Waals surface area contributed by atoms with E-state index in [2.05, 4.69) is 24.7 Å². The van der Waals surface area contributed by atoms with Crippen molar-refractivity contribution >= 4 is 29.3 Å². The SMILES string of the molecule is CSc1nc(N)cc(Sc2nnc(C3CC3)n2C2CC2)n1. The van der Waals surface area contributed by atoms with Gasteiger partial charge in [-0.05, 0) is 43.7 Å². The molecule has 4 rings (SSSR count). The van der Waals surface area contributed by atoms with Gasteiger partial charge in [-0.3, -0.25) is 0 Å². The second-order valence-electron chi connectivity index (χ2n) is 5.44. The van der Waals surface area contributed by atoms with E-state index >= 15 is 0 Å². The Balaban J connectivity index is 1.66. The van der Waals surface area contributed by atoms with Crippen LogP contribution in [-0.4, -0.2) is 31.0 Å². The van der Waals surface area contributed by atoms with E-state index in [1.54, 1.807) is 6.07 Å². The van der Waals surface area contributed by atoms with E-state index in [4.69, 9.17) is 5.73 Å². The van der Waals surface area contributed by atoms with Gasteiger partial charge < -0.3 is 10.3 Å². The highest BCUT2D eigenvalue weighted by molar-refractivity contribution is 7.99. The fourth-order valence-electron chi connectivity index (χ4n) is 2.31. The average molecular weight is 320 g/mol. The Morgan fingerprint density at radius 3 is 2.67 bits per heavy atom. The number of aromatic nitrogens is 5. The van der Waals surface area contributed by atoms with Crippen LogP contribution in [0.3, 0.4) is 0 Å². The van der Waals surface area contributed by atoms with Crippen LogP contribution in [0.25, 0.3) is 0 Å². The minimum Gasteiger partial charge on any atom is -0.384 e. The molecule has 2 saturated carbocycles. The lowest BCUT2D eigenvalue weighted by Crippen LogP contribution is -2.02. The van der Waals surface area contributed by atoms with Crippen LogP contribution in [0.2, 0.25) is 0 Å². The van der Waals surface area contributed by atoms with Gasteiger partial charge in [-0.1, -0.05) is 11.8 Å². The first-order valence-electron chi connectivity index (χ1n) is 7.06. The Bertz CT molecular complexity index is 677. The van der Waals surface area contributed by atoms with Gasteiger partial charge in [0.05, 0.1) is 0 Å². The van der Waals surface area contributed by atoms with Crippen molar-refractivity contribution in [3.05, 3.63) is 11.9 Å². The van der Waals surface area contributed by atoms with E-state index in [1.165, 1.54) is 49.2 Å². The molecule has 0 amide bonds. The topological polar surface area (TPSA) is 82.5 Å². The number of rotatable bonds is 5. The molecule has 21 heavy (non-hydrogen) atoms. The third-order valence-corrected chi connectivity index (χ3v) is 5.05. The molecule has 0 atom stereocenters. The molecule has 110 valence electrons. The van der Waals surface area contributed by atoms with Gasteiger partial charge in [0.15, 0.2) is 10.3 Å². The standard InChI is InChI=1S/C13H16N6S2/c1-20-12-15-9(14)6-10(16-12)21-13-18-17-11(7-2-3-7)19(13)8-4-5-8/h6-8H,2-5H2,1H3,(H2,14,15,16). The zero-order valence-corrected chi connectivity index (χ0v) is 13.3. The van der Waals surface area contributed by atoms with Crippen LogP contribution in [0.1, 0.15) is 43.5 Å². The number of nitrogen functional groups attached to an aromatic ring is 1. The number of thioether (sulfide) groups is 1. The predicted octanol–water partition coefficient (Wildman–Crippen LogP) is 2.74. The highest BCUT2D eigenvalue weighted by Gasteiger charge is 2.36. The lowest BCUT2D eigenvalue weighted by molar-refractivity contribution is 0.626. The van der Waals surface area contributed by atoms with Crippen molar-refractivity contribution in [1.82, 2.24) is 24.7 Å². The quantitative estimate of drug-likeness (QED) is 0.515. The summed E-state index contributed by atoms with van der Waals surface area (Å²) in [5.41, 5.74) is 5.84. The van der Waals surface area contributed by atoms with Crippen molar-refractivity contribution in [2.75, 3.05) is 12.0 Å². The maximum absolute atomic E-state index is 5.84. The summed E-state index contributed by atoms with van der Waals surface area (Å²) >= 11 is 3.03. The first-order valence-corrected chi connectivity index (χ1v) is 9.10. The van der Waals surface area contributed by atoms with Gasteiger partial charge in [-0.25, -0.2) is 9.97 Å². The van der Waals surface area contributed by atoms with E-state index in [1.807, 2.05) is 6.26 Å². The molecule has 0 aromatic carbocycles. The minimum absolute atomic E-state index is 0.497. The number of hydrogen-bond acceptors (Lipinski definition) is 7. The fraction of sp³-hybridized carbons (Fsp3) is 0.538. The molecule has 2 N–H and O–H groups in total. The van der Waals surface area contributed by atoms with Gasteiger partial charge in [0.1, 0.15) is 16.7 Å². The van der Waals surface area contributed by atoms with Gasteiger partial charge in [0, 0.05) is 18.0 Å². The summed E-state index contributed by atoms with van der Waals surface area (Å²) in [7, 11) is 0. The van der Waals surface area contributed by atoms with E-state index in [0.29, 0.717) is 22.9 Å². The Morgan fingerprint density at radius 1 is 1.19 bits per heavy atom. The highest BCUT2D eigenvalue weighted by atomic mass is 32.2. The van der Waals surface area contributed by atoms with E-state index in [-0.39, 0.29) is 0 Å². The summed E-state index contributed by atoms with van der Waals surface area (Å²) in [6.07, 6.45) is 6.89. The number of nitrogens with zero attached hydrogens (tertiary/aromatic N) is 5. The zero-order chi connectivity index (χ0) is 14.4. The van der Waals surface area contributed by atoms with Gasteiger partial charge in [0.25, 0.3) is 0 Å². The van der Waals surface area contributed by atoms with Crippen molar-refractivity contribution < 1.29 is 0 Å². The lowest BCUT2D eigenvalue weighted by atomic mass is 10.4. The van der Waals surface area contributed by atoms with Crippen LogP contribution in [0.5, 0.6) is 0 Å². The Morgan fingerprint density at radius 2 is 2.00 bits per heavy atom. The summed E-state index contributed by atoms with van der Waals surface area (Å²) in [5, 5.41) is 11.3. The molecule has 2 fully saturated rings. The largest absolute Gasteiger partial charge is 0.384 e. The van der Waals surface area contributed by atoms with Crippen molar-refractivity contribution in [3.63, 3.8) is 0 Å². The Kier molecular flexibility index (Phi) is 3.30. The lowest BCUT2D eigenvalue weighted by Gasteiger charge is -2.08. The molecule has 0 unspecified atom stereocenters. The second kappa shape index (κ2) is 5.17. The summed E-state index contributed by atoms with van der Waals surface area (Å²) in [6, 6.07) is 2.38. The molecule has 0 radical (unpaired) electrons. The highest BCUT2D eigenvalue weighted by Crippen LogP contribution is 2.46. The van der Waals surface area contributed by atoms with Crippen LogP contribution in [0, 0.1) is 0 Å². The third-order valence-electron chi connectivity index (χ3n) is 3.63. The zero-order valence-electron chi connectivity index (χ0n) is 11.7. The predicted molar refractivity (Wildman–Crippen MR) is 82.6 cm³/mol. The maximum atomic E-state index is 5.84. The van der Waals surface area contributed by atoms with Crippen LogP contribution in [0.15, 0.2) is 21.4 Å². The first kappa shape index (κ1) is 13.4. The van der Waals surface area contributed by atoms with Gasteiger partial charge in [0.2, 0.25) is 0 Å². The van der Waals surface area contributed by atoms with E-state index in [0.717, 1.165) is 16.0 Å². The Labute approximate surface area is 131 Å². The molecule has 2 aliphatic rings. The second-order valence-corrected chi connectivity index (χ2v) is 7.20. The van der Waals surface area contributed by atoms with Gasteiger partial charge in [-0.15, -0.1) is 10.2 Å². The molecule has 6 nitrogen and oxygen atoms in total. The van der Waals surface area contributed by atoms with Crippen molar-refractivity contribution in [1.29, 1.82) is 0 Å². The molecule has 0 bridgehead atoms. The number of anilines is 1. The van der Waals surface area contributed by atoms with Gasteiger partial charge >= 0.3 is 0 Å². The van der Waals surface area contributed by atoms with Crippen LogP contribution >= 0.6 is 23.5 Å². The maximum Gasteiger partial charge on any atom is 0.197 e. The van der Waals surface area contributed by atoms with E-state index in [9.17, 15) is 0 Å². The monoisotopic (exact) mass is 320 g/mol. The van der Waals surface area contributed by atoms with Gasteiger partial charge in [-0.2, -0.15) is 0 Å². The molecule has 2 aromatic heterocycles. The van der Waals surface area contributed by atoms with Crippen molar-refractivity contribution in [2.45, 2.75) is 53.0 Å². The smallest absolute Gasteiger partial charge is 0.197 e. The molecular formula is C13H16N6S2. The van der Waals surface area contributed by atoms with Crippen LogP contribution in [0.4, 0.5) is 5.82 Å². The molecule has 2 heterocycles. The number of nitrogens with two attached hydrogens (primary N) is 1. The van der Waals surface area contributed by atoms with Crippen molar-refractivity contribution in [2.24, 2.45) is 0 Å². The third kappa shape index (κ3) is 2.74. The first-order chi connectivity index (χ1) is 10.2. The normalized spacial score (nSPS) is 18.1. The van der Waals surface area contributed by atoms with Crippen LogP contribution < -0.4 is 5.73 Å².